The van der Waals surface area contributed by atoms with E-state index in [1.807, 2.05) is 27.7 Å². The molecule has 0 aliphatic carbocycles. The van der Waals surface area contributed by atoms with Crippen LogP contribution in [-0.4, -0.2) is 47.3 Å². The van der Waals surface area contributed by atoms with Crippen LogP contribution in [0.1, 0.15) is 53.4 Å². The molecule has 3 atom stereocenters. The third-order valence-electron chi connectivity index (χ3n) is 5.29. The highest BCUT2D eigenvalue weighted by atomic mass is 16.6. The molecule has 34 heavy (non-hydrogen) atoms. The van der Waals surface area contributed by atoms with Crippen LogP contribution in [0.2, 0.25) is 0 Å². The van der Waals surface area contributed by atoms with Gasteiger partial charge in [0.05, 0.1) is 11.0 Å². The smallest absolute Gasteiger partial charge is 0.269 e. The molecule has 3 unspecified atom stereocenters. The summed E-state index contributed by atoms with van der Waals surface area (Å²) in [6.07, 6.45) is 2.00. The first-order valence-corrected chi connectivity index (χ1v) is 11.6. The molecule has 0 bridgehead atoms. The van der Waals surface area contributed by atoms with Gasteiger partial charge >= 0.3 is 0 Å². The molecule has 3 amide bonds. The zero-order valence-corrected chi connectivity index (χ0v) is 20.4. The molecule has 0 saturated heterocycles. The molecule has 7 N–H and O–H groups in total. The van der Waals surface area contributed by atoms with E-state index in [-0.39, 0.29) is 17.5 Å². The molecule has 1 aromatic carbocycles. The van der Waals surface area contributed by atoms with E-state index in [9.17, 15) is 24.5 Å². The molecule has 0 aliphatic heterocycles. The third kappa shape index (κ3) is 9.84. The van der Waals surface area contributed by atoms with E-state index in [1.165, 1.54) is 24.3 Å². The lowest BCUT2D eigenvalue weighted by Gasteiger charge is -2.26. The van der Waals surface area contributed by atoms with Crippen LogP contribution in [-0.2, 0) is 14.4 Å². The molecule has 0 radical (unpaired) electrons. The lowest BCUT2D eigenvalue weighted by molar-refractivity contribution is -0.384. The Labute approximate surface area is 200 Å². The summed E-state index contributed by atoms with van der Waals surface area (Å²) in [4.78, 5) is 48.8. The van der Waals surface area contributed by atoms with E-state index in [0.29, 0.717) is 37.9 Å². The van der Waals surface area contributed by atoms with Gasteiger partial charge in [-0.3, -0.25) is 24.5 Å². The van der Waals surface area contributed by atoms with Gasteiger partial charge < -0.3 is 27.4 Å². The third-order valence-corrected chi connectivity index (χ3v) is 5.29. The van der Waals surface area contributed by atoms with Crippen LogP contribution >= 0.6 is 0 Å². The number of carbonyl (C=O) groups is 3. The monoisotopic (exact) mass is 478 g/mol. The number of unbranched alkanes of at least 4 members (excludes halogenated alkanes) is 1. The summed E-state index contributed by atoms with van der Waals surface area (Å²) < 4.78 is 0. The Hall–Kier alpha value is -3.05. The van der Waals surface area contributed by atoms with Gasteiger partial charge in [0.25, 0.3) is 5.69 Å². The number of rotatable bonds is 14. The number of carbonyl (C=O) groups excluding carboxylic acids is 3. The first-order valence-electron chi connectivity index (χ1n) is 11.6. The van der Waals surface area contributed by atoms with Gasteiger partial charge in [-0.25, -0.2) is 0 Å². The van der Waals surface area contributed by atoms with Crippen LogP contribution in [0.3, 0.4) is 0 Å². The van der Waals surface area contributed by atoms with Crippen molar-refractivity contribution in [3.8, 4) is 0 Å². The van der Waals surface area contributed by atoms with Gasteiger partial charge in [0.2, 0.25) is 17.7 Å². The molecule has 11 heteroatoms. The fourth-order valence-electron chi connectivity index (χ4n) is 3.20. The SMILES string of the molecule is CC(C)CC(NC(=O)C(N)C(C)C)C(=O)NC(CCCCN)C(=O)Nc1ccc([N+](=O)[O-])cc1. The lowest BCUT2D eigenvalue weighted by Crippen LogP contribution is -2.56. The van der Waals surface area contributed by atoms with Gasteiger partial charge in [0.15, 0.2) is 0 Å². The number of nitro groups is 1. The fraction of sp³-hybridized carbons (Fsp3) is 0.609. The maximum absolute atomic E-state index is 13.1. The molecule has 0 heterocycles. The van der Waals surface area contributed by atoms with E-state index >= 15 is 0 Å². The van der Waals surface area contributed by atoms with E-state index < -0.39 is 40.8 Å². The summed E-state index contributed by atoms with van der Waals surface area (Å²) in [5, 5.41) is 19.0. The van der Waals surface area contributed by atoms with Crippen LogP contribution in [0.4, 0.5) is 11.4 Å². The first-order chi connectivity index (χ1) is 16.0. The van der Waals surface area contributed by atoms with Crippen LogP contribution in [0.5, 0.6) is 0 Å². The Kier molecular flexibility index (Phi) is 12.2. The van der Waals surface area contributed by atoms with Crippen molar-refractivity contribution in [2.45, 2.75) is 71.5 Å². The molecule has 190 valence electrons. The first kappa shape index (κ1) is 29.0. The molecule has 0 spiro atoms. The van der Waals surface area contributed by atoms with Crippen molar-refractivity contribution in [1.82, 2.24) is 10.6 Å². The number of amides is 3. The van der Waals surface area contributed by atoms with Gasteiger partial charge in [-0.15, -0.1) is 0 Å². The summed E-state index contributed by atoms with van der Waals surface area (Å²) in [7, 11) is 0. The second kappa shape index (κ2) is 14.3. The average Bonchev–Trinajstić information content (AvgIpc) is 2.77. The van der Waals surface area contributed by atoms with E-state index in [0.717, 1.165) is 0 Å². The fourth-order valence-corrected chi connectivity index (χ4v) is 3.20. The standard InChI is InChI=1S/C23H38N6O5/c1-14(2)13-19(28-23(32)20(25)15(3)4)22(31)27-18(7-5-6-12-24)21(30)26-16-8-10-17(11-9-16)29(33)34/h8-11,14-15,18-20H,5-7,12-13,24-25H2,1-4H3,(H,26,30)(H,27,31)(H,28,32). The van der Waals surface area contributed by atoms with Gasteiger partial charge in [-0.1, -0.05) is 27.7 Å². The number of nitro benzene ring substituents is 1. The predicted molar refractivity (Wildman–Crippen MR) is 131 cm³/mol. The second-order valence-corrected chi connectivity index (χ2v) is 9.10. The maximum atomic E-state index is 13.1. The number of non-ortho nitro benzene ring substituents is 1. The average molecular weight is 479 g/mol. The minimum Gasteiger partial charge on any atom is -0.343 e. The van der Waals surface area contributed by atoms with Gasteiger partial charge in [-0.2, -0.15) is 0 Å². The molecule has 0 saturated carbocycles. The van der Waals surface area contributed by atoms with Gasteiger partial charge in [0.1, 0.15) is 12.1 Å². The summed E-state index contributed by atoms with van der Waals surface area (Å²) in [5.74, 6) is -1.36. The predicted octanol–water partition coefficient (Wildman–Crippen LogP) is 1.66. The highest BCUT2D eigenvalue weighted by Gasteiger charge is 2.29. The summed E-state index contributed by atoms with van der Waals surface area (Å²) in [6.45, 7) is 7.93. The molecule has 0 fully saturated rings. The number of nitrogens with zero attached hydrogens (tertiary/aromatic N) is 1. The van der Waals surface area contributed by atoms with Crippen LogP contribution in [0.25, 0.3) is 0 Å². The van der Waals surface area contributed by atoms with Gasteiger partial charge in [0, 0.05) is 17.8 Å². The molecule has 1 aromatic rings. The lowest BCUT2D eigenvalue weighted by atomic mass is 10.00. The number of nitrogens with one attached hydrogen (secondary N) is 3. The number of hydrogen-bond acceptors (Lipinski definition) is 7. The summed E-state index contributed by atoms with van der Waals surface area (Å²) in [5.41, 5.74) is 11.8. The van der Waals surface area contributed by atoms with Crippen molar-refractivity contribution in [2.24, 2.45) is 23.3 Å². The van der Waals surface area contributed by atoms with Crippen molar-refractivity contribution >= 4 is 29.1 Å². The Bertz CT molecular complexity index is 828. The highest BCUT2D eigenvalue weighted by Crippen LogP contribution is 2.16. The zero-order valence-electron chi connectivity index (χ0n) is 20.4. The van der Waals surface area contributed by atoms with Crippen LogP contribution in [0, 0.1) is 22.0 Å². The highest BCUT2D eigenvalue weighted by molar-refractivity contribution is 5.98. The number of hydrogen-bond donors (Lipinski definition) is 5. The van der Waals surface area contributed by atoms with Crippen LogP contribution < -0.4 is 27.4 Å². The molecule has 0 aliphatic rings. The Morgan fingerprint density at radius 2 is 1.53 bits per heavy atom. The van der Waals surface area contributed by atoms with Crippen molar-refractivity contribution < 1.29 is 19.3 Å². The van der Waals surface area contributed by atoms with Crippen LogP contribution in [0.15, 0.2) is 24.3 Å². The Morgan fingerprint density at radius 3 is 2.03 bits per heavy atom. The van der Waals surface area contributed by atoms with E-state index in [1.54, 1.807) is 0 Å². The normalized spacial score (nSPS) is 13.8. The van der Waals surface area contributed by atoms with E-state index in [4.69, 9.17) is 11.5 Å². The molecule has 0 aromatic heterocycles. The van der Waals surface area contributed by atoms with Crippen molar-refractivity contribution in [3.05, 3.63) is 34.4 Å². The minimum atomic E-state index is -0.875. The van der Waals surface area contributed by atoms with Crippen molar-refractivity contribution in [2.75, 3.05) is 11.9 Å². The minimum absolute atomic E-state index is 0.0979. The van der Waals surface area contributed by atoms with E-state index in [2.05, 4.69) is 16.0 Å². The maximum Gasteiger partial charge on any atom is 0.269 e. The second-order valence-electron chi connectivity index (χ2n) is 9.10. The van der Waals surface area contributed by atoms with Crippen molar-refractivity contribution in [3.63, 3.8) is 0 Å². The largest absolute Gasteiger partial charge is 0.343 e. The number of nitrogens with two attached hydrogens (primary N) is 2. The topological polar surface area (TPSA) is 182 Å². The van der Waals surface area contributed by atoms with Crippen molar-refractivity contribution in [1.29, 1.82) is 0 Å². The molecule has 11 nitrogen and oxygen atoms in total. The number of anilines is 1. The quantitative estimate of drug-likeness (QED) is 0.153. The molecular formula is C23H38N6O5. The summed E-state index contributed by atoms with van der Waals surface area (Å²) >= 11 is 0. The Balaban J connectivity index is 2.97. The molecule has 1 rings (SSSR count). The molecular weight excluding hydrogens is 440 g/mol. The van der Waals surface area contributed by atoms with Gasteiger partial charge in [-0.05, 0) is 56.2 Å². The number of benzene rings is 1. The Morgan fingerprint density at radius 1 is 0.941 bits per heavy atom. The summed E-state index contributed by atoms with van der Waals surface area (Å²) in [6, 6.07) is 2.93. The zero-order chi connectivity index (χ0) is 25.8.